The topological polar surface area (TPSA) is 98.2 Å². The van der Waals surface area contributed by atoms with Gasteiger partial charge in [0.2, 0.25) is 11.8 Å². The summed E-state index contributed by atoms with van der Waals surface area (Å²) in [5.41, 5.74) is 11.7. The second-order valence-corrected chi connectivity index (χ2v) is 3.83. The number of primary amides is 1. The molecule has 1 unspecified atom stereocenters. The van der Waals surface area contributed by atoms with Crippen molar-refractivity contribution in [1.82, 2.24) is 0 Å². The van der Waals surface area contributed by atoms with Crippen molar-refractivity contribution in [2.75, 3.05) is 5.32 Å². The molecule has 1 rings (SSSR count). The van der Waals surface area contributed by atoms with Gasteiger partial charge in [0.05, 0.1) is 6.04 Å². The maximum absolute atomic E-state index is 11.6. The van der Waals surface area contributed by atoms with Crippen LogP contribution in [0.3, 0.4) is 0 Å². The molecule has 0 heterocycles. The van der Waals surface area contributed by atoms with Gasteiger partial charge in [-0.15, -0.1) is 0 Å². The van der Waals surface area contributed by atoms with Gasteiger partial charge in [-0.25, -0.2) is 0 Å². The number of carbonyl (C=O) groups is 2. The average molecular weight is 235 g/mol. The van der Waals surface area contributed by atoms with Crippen LogP contribution in [0.25, 0.3) is 0 Å². The van der Waals surface area contributed by atoms with Crippen LogP contribution < -0.4 is 16.8 Å². The van der Waals surface area contributed by atoms with E-state index in [1.54, 1.807) is 18.2 Å². The quantitative estimate of drug-likeness (QED) is 0.705. The van der Waals surface area contributed by atoms with Crippen LogP contribution in [-0.4, -0.2) is 17.9 Å². The Kier molecular flexibility index (Phi) is 4.66. The number of hydrogen-bond donors (Lipinski definition) is 3. The van der Waals surface area contributed by atoms with Crippen LogP contribution in [0, 0.1) is 0 Å². The molecule has 5 heteroatoms. The molecular formula is C12H17N3O2. The zero-order chi connectivity index (χ0) is 12.8. The Labute approximate surface area is 100 Å². The van der Waals surface area contributed by atoms with Gasteiger partial charge in [-0.1, -0.05) is 19.4 Å². The minimum Gasteiger partial charge on any atom is -0.366 e. The number of anilines is 1. The molecule has 0 fully saturated rings. The molecule has 0 bridgehead atoms. The fourth-order valence-corrected chi connectivity index (χ4v) is 1.43. The first-order chi connectivity index (χ1) is 8.04. The lowest BCUT2D eigenvalue weighted by molar-refractivity contribution is -0.117. The first-order valence-electron chi connectivity index (χ1n) is 5.51. The lowest BCUT2D eigenvalue weighted by Gasteiger charge is -2.11. The van der Waals surface area contributed by atoms with E-state index >= 15 is 0 Å². The van der Waals surface area contributed by atoms with E-state index in [4.69, 9.17) is 11.5 Å². The van der Waals surface area contributed by atoms with E-state index in [1.807, 2.05) is 6.92 Å². The summed E-state index contributed by atoms with van der Waals surface area (Å²) in [5, 5.41) is 2.65. The molecule has 0 aromatic heterocycles. The number of nitrogens with two attached hydrogens (primary N) is 2. The zero-order valence-electron chi connectivity index (χ0n) is 9.77. The summed E-state index contributed by atoms with van der Waals surface area (Å²) in [6.07, 6.45) is 1.47. The number of carbonyl (C=O) groups excluding carboxylic acids is 2. The standard InChI is InChI=1S/C12H17N3O2/c1-2-4-10(13)12(17)15-9-6-3-5-8(7-9)11(14)16/h3,5-7,10H,2,4,13H2,1H3,(H2,14,16)(H,15,17). The number of benzene rings is 1. The van der Waals surface area contributed by atoms with Crippen LogP contribution in [-0.2, 0) is 4.79 Å². The van der Waals surface area contributed by atoms with Crippen molar-refractivity contribution in [1.29, 1.82) is 0 Å². The maximum atomic E-state index is 11.6. The van der Waals surface area contributed by atoms with Gasteiger partial charge >= 0.3 is 0 Å². The first kappa shape index (κ1) is 13.2. The molecule has 0 aliphatic rings. The van der Waals surface area contributed by atoms with Crippen LogP contribution >= 0.6 is 0 Å². The summed E-state index contributed by atoms with van der Waals surface area (Å²) in [5.74, 6) is -0.785. The van der Waals surface area contributed by atoms with Crippen molar-refractivity contribution >= 4 is 17.5 Å². The molecule has 1 aromatic carbocycles. The summed E-state index contributed by atoms with van der Waals surface area (Å²) in [6.45, 7) is 1.96. The zero-order valence-corrected chi connectivity index (χ0v) is 9.77. The Morgan fingerprint density at radius 2 is 2.12 bits per heavy atom. The van der Waals surface area contributed by atoms with Gasteiger partial charge in [-0.05, 0) is 24.6 Å². The number of rotatable bonds is 5. The molecule has 17 heavy (non-hydrogen) atoms. The van der Waals surface area contributed by atoms with E-state index in [2.05, 4.69) is 5.32 Å². The van der Waals surface area contributed by atoms with Gasteiger partial charge in [0.1, 0.15) is 0 Å². The van der Waals surface area contributed by atoms with Crippen molar-refractivity contribution in [3.8, 4) is 0 Å². The van der Waals surface area contributed by atoms with Gasteiger partial charge in [0.15, 0.2) is 0 Å². The Hall–Kier alpha value is -1.88. The summed E-state index contributed by atoms with van der Waals surface area (Å²) in [4.78, 5) is 22.6. The highest BCUT2D eigenvalue weighted by molar-refractivity contribution is 5.97. The number of amides is 2. The van der Waals surface area contributed by atoms with Crippen molar-refractivity contribution in [2.45, 2.75) is 25.8 Å². The summed E-state index contributed by atoms with van der Waals surface area (Å²) >= 11 is 0. The molecule has 2 amide bonds. The third-order valence-corrected chi connectivity index (χ3v) is 2.35. The SMILES string of the molecule is CCCC(N)C(=O)Nc1cccc(C(N)=O)c1. The molecule has 92 valence electrons. The molecule has 5 N–H and O–H groups in total. The second-order valence-electron chi connectivity index (χ2n) is 3.83. The van der Waals surface area contributed by atoms with Crippen molar-refractivity contribution in [2.24, 2.45) is 11.5 Å². The van der Waals surface area contributed by atoms with Crippen LogP contribution in [0.4, 0.5) is 5.69 Å². The highest BCUT2D eigenvalue weighted by atomic mass is 16.2. The minimum atomic E-state index is -0.530. The van der Waals surface area contributed by atoms with Gasteiger partial charge in [-0.2, -0.15) is 0 Å². The normalized spacial score (nSPS) is 11.9. The largest absolute Gasteiger partial charge is 0.366 e. The lowest BCUT2D eigenvalue weighted by Crippen LogP contribution is -2.35. The lowest BCUT2D eigenvalue weighted by atomic mass is 10.1. The molecule has 0 spiro atoms. The van der Waals surface area contributed by atoms with Crippen molar-refractivity contribution in [3.05, 3.63) is 29.8 Å². The first-order valence-corrected chi connectivity index (χ1v) is 5.51. The summed E-state index contributed by atoms with van der Waals surface area (Å²) in [6, 6.07) is 5.92. The van der Waals surface area contributed by atoms with Crippen LogP contribution in [0.15, 0.2) is 24.3 Å². The third-order valence-electron chi connectivity index (χ3n) is 2.35. The Morgan fingerprint density at radius 1 is 1.41 bits per heavy atom. The predicted octanol–water partition coefficient (Wildman–Crippen LogP) is 0.851. The van der Waals surface area contributed by atoms with Gasteiger partial charge < -0.3 is 16.8 Å². The Balaban J connectivity index is 2.71. The van der Waals surface area contributed by atoms with Crippen molar-refractivity contribution in [3.63, 3.8) is 0 Å². The highest BCUT2D eigenvalue weighted by Gasteiger charge is 2.12. The molecule has 0 saturated carbocycles. The molecule has 0 radical (unpaired) electrons. The monoisotopic (exact) mass is 235 g/mol. The average Bonchev–Trinajstić information content (AvgIpc) is 2.29. The van der Waals surface area contributed by atoms with Gasteiger partial charge in [-0.3, -0.25) is 9.59 Å². The minimum absolute atomic E-state index is 0.256. The van der Waals surface area contributed by atoms with Crippen LogP contribution in [0.2, 0.25) is 0 Å². The number of nitrogens with one attached hydrogen (secondary N) is 1. The molecule has 1 atom stereocenters. The van der Waals surface area contributed by atoms with E-state index < -0.39 is 11.9 Å². The Morgan fingerprint density at radius 3 is 2.71 bits per heavy atom. The molecule has 0 aliphatic carbocycles. The predicted molar refractivity (Wildman–Crippen MR) is 66.5 cm³/mol. The van der Waals surface area contributed by atoms with E-state index in [0.29, 0.717) is 17.7 Å². The summed E-state index contributed by atoms with van der Waals surface area (Å²) < 4.78 is 0. The fraction of sp³-hybridized carbons (Fsp3) is 0.333. The maximum Gasteiger partial charge on any atom is 0.248 e. The van der Waals surface area contributed by atoms with E-state index in [0.717, 1.165) is 6.42 Å². The molecule has 5 nitrogen and oxygen atoms in total. The van der Waals surface area contributed by atoms with Crippen LogP contribution in [0.1, 0.15) is 30.1 Å². The molecule has 1 aromatic rings. The van der Waals surface area contributed by atoms with E-state index in [-0.39, 0.29) is 5.91 Å². The van der Waals surface area contributed by atoms with Gasteiger partial charge in [0, 0.05) is 11.3 Å². The van der Waals surface area contributed by atoms with E-state index in [9.17, 15) is 9.59 Å². The Bertz CT molecular complexity index is 418. The van der Waals surface area contributed by atoms with Crippen molar-refractivity contribution < 1.29 is 9.59 Å². The highest BCUT2D eigenvalue weighted by Crippen LogP contribution is 2.10. The molecule has 0 saturated heterocycles. The number of hydrogen-bond acceptors (Lipinski definition) is 3. The third kappa shape index (κ3) is 3.88. The molecular weight excluding hydrogens is 218 g/mol. The fourth-order valence-electron chi connectivity index (χ4n) is 1.43. The second kappa shape index (κ2) is 6.00. The molecule has 0 aliphatic heterocycles. The van der Waals surface area contributed by atoms with Gasteiger partial charge in [0.25, 0.3) is 0 Å². The smallest absolute Gasteiger partial charge is 0.248 e. The summed E-state index contributed by atoms with van der Waals surface area (Å²) in [7, 11) is 0. The van der Waals surface area contributed by atoms with E-state index in [1.165, 1.54) is 6.07 Å². The van der Waals surface area contributed by atoms with Crippen LogP contribution in [0.5, 0.6) is 0 Å².